The van der Waals surface area contributed by atoms with Crippen molar-refractivity contribution in [1.82, 2.24) is 15.5 Å². The lowest BCUT2D eigenvalue weighted by Gasteiger charge is -2.08. The number of hydrogen-bond donors (Lipinski definition) is 1. The molecule has 2 aromatic heterocycles. The first-order valence-electron chi connectivity index (χ1n) is 5.55. The molecule has 2 aromatic rings. The maximum absolute atomic E-state index is 5.37. The van der Waals surface area contributed by atoms with Gasteiger partial charge in [0.1, 0.15) is 0 Å². The van der Waals surface area contributed by atoms with Crippen molar-refractivity contribution in [2.75, 3.05) is 6.54 Å². The van der Waals surface area contributed by atoms with Gasteiger partial charge in [-0.05, 0) is 41.9 Å². The second-order valence-corrected chi connectivity index (χ2v) is 6.05. The van der Waals surface area contributed by atoms with Gasteiger partial charge in [0, 0.05) is 15.9 Å². The Morgan fingerprint density at radius 3 is 3.12 bits per heavy atom. The molecule has 0 aromatic carbocycles. The van der Waals surface area contributed by atoms with Gasteiger partial charge in [-0.25, -0.2) is 0 Å². The van der Waals surface area contributed by atoms with Gasteiger partial charge >= 0.3 is 0 Å². The predicted molar refractivity (Wildman–Crippen MR) is 70.1 cm³/mol. The zero-order valence-electron chi connectivity index (χ0n) is 9.31. The van der Waals surface area contributed by atoms with E-state index < -0.39 is 0 Å². The number of hydrogen-bond acceptors (Lipinski definition) is 5. The third-order valence-corrected chi connectivity index (χ3v) is 4.76. The lowest BCUT2D eigenvalue weighted by Crippen LogP contribution is -2.21. The van der Waals surface area contributed by atoms with Crippen LogP contribution < -0.4 is 5.32 Å². The fourth-order valence-electron chi connectivity index (χ4n) is 2.11. The highest BCUT2D eigenvalue weighted by molar-refractivity contribution is 9.10. The van der Waals surface area contributed by atoms with Crippen molar-refractivity contribution >= 4 is 27.3 Å². The predicted octanol–water partition coefficient (Wildman–Crippen LogP) is 3.03. The molecule has 1 fully saturated rings. The van der Waals surface area contributed by atoms with Crippen LogP contribution in [0.15, 0.2) is 20.4 Å². The number of halogens is 1. The quantitative estimate of drug-likeness (QED) is 0.926. The molecule has 1 N–H and O–H groups in total. The van der Waals surface area contributed by atoms with E-state index in [0.717, 1.165) is 28.2 Å². The zero-order chi connectivity index (χ0) is 11.8. The SMILES string of the molecule is CC1NCCC1c1nc(-c2cc(Br)cs2)no1. The molecule has 90 valence electrons. The van der Waals surface area contributed by atoms with E-state index in [1.54, 1.807) is 11.3 Å². The summed E-state index contributed by atoms with van der Waals surface area (Å²) in [6.07, 6.45) is 1.07. The number of nitrogens with zero attached hydrogens (tertiary/aromatic N) is 2. The normalized spacial score (nSPS) is 24.4. The van der Waals surface area contributed by atoms with Gasteiger partial charge in [0.25, 0.3) is 0 Å². The van der Waals surface area contributed by atoms with Crippen molar-refractivity contribution in [3.63, 3.8) is 0 Å². The molecule has 0 aliphatic carbocycles. The van der Waals surface area contributed by atoms with Gasteiger partial charge in [-0.1, -0.05) is 5.16 Å². The summed E-state index contributed by atoms with van der Waals surface area (Å²) in [5, 5.41) is 9.46. The van der Waals surface area contributed by atoms with Gasteiger partial charge < -0.3 is 9.84 Å². The van der Waals surface area contributed by atoms with Crippen LogP contribution in [0.2, 0.25) is 0 Å². The summed E-state index contributed by atoms with van der Waals surface area (Å²) in [6.45, 7) is 3.18. The van der Waals surface area contributed by atoms with Crippen LogP contribution >= 0.6 is 27.3 Å². The molecule has 17 heavy (non-hydrogen) atoms. The first-order valence-corrected chi connectivity index (χ1v) is 7.22. The minimum Gasteiger partial charge on any atom is -0.339 e. The maximum atomic E-state index is 5.37. The molecule has 2 unspecified atom stereocenters. The maximum Gasteiger partial charge on any atom is 0.231 e. The third kappa shape index (κ3) is 2.17. The summed E-state index contributed by atoms with van der Waals surface area (Å²) >= 11 is 5.04. The fraction of sp³-hybridized carbons (Fsp3) is 0.455. The summed E-state index contributed by atoms with van der Waals surface area (Å²) in [5.74, 6) is 1.79. The zero-order valence-corrected chi connectivity index (χ0v) is 11.7. The van der Waals surface area contributed by atoms with Crippen molar-refractivity contribution in [1.29, 1.82) is 0 Å². The van der Waals surface area contributed by atoms with Gasteiger partial charge in [0.2, 0.25) is 11.7 Å². The highest BCUT2D eigenvalue weighted by atomic mass is 79.9. The van der Waals surface area contributed by atoms with E-state index in [1.807, 2.05) is 11.4 Å². The van der Waals surface area contributed by atoms with E-state index in [2.05, 4.69) is 38.3 Å². The van der Waals surface area contributed by atoms with Crippen molar-refractivity contribution in [2.24, 2.45) is 0 Å². The fourth-order valence-corrected chi connectivity index (χ4v) is 3.46. The Bertz CT molecular complexity index is 524. The molecule has 4 nitrogen and oxygen atoms in total. The Hall–Kier alpha value is -0.720. The molecular formula is C11H12BrN3OS. The van der Waals surface area contributed by atoms with Gasteiger partial charge in [-0.15, -0.1) is 11.3 Å². The second kappa shape index (κ2) is 4.51. The van der Waals surface area contributed by atoms with Crippen LogP contribution in [0.25, 0.3) is 10.7 Å². The Kier molecular flexibility index (Phi) is 3.02. The molecule has 2 atom stereocenters. The molecular weight excluding hydrogens is 302 g/mol. The van der Waals surface area contributed by atoms with Crippen LogP contribution in [-0.4, -0.2) is 22.7 Å². The summed E-state index contributed by atoms with van der Waals surface area (Å²) in [5.41, 5.74) is 0. The minimum atomic E-state index is 0.347. The van der Waals surface area contributed by atoms with E-state index in [4.69, 9.17) is 4.52 Å². The van der Waals surface area contributed by atoms with E-state index in [0.29, 0.717) is 17.8 Å². The minimum absolute atomic E-state index is 0.347. The second-order valence-electron chi connectivity index (χ2n) is 4.22. The molecule has 0 bridgehead atoms. The Morgan fingerprint density at radius 2 is 2.47 bits per heavy atom. The van der Waals surface area contributed by atoms with Crippen molar-refractivity contribution in [3.8, 4) is 10.7 Å². The van der Waals surface area contributed by atoms with E-state index in [9.17, 15) is 0 Å². The Morgan fingerprint density at radius 1 is 1.59 bits per heavy atom. The molecule has 0 saturated carbocycles. The number of rotatable bonds is 2. The van der Waals surface area contributed by atoms with E-state index in [1.165, 1.54) is 0 Å². The molecule has 0 radical (unpaired) electrons. The van der Waals surface area contributed by atoms with Crippen molar-refractivity contribution in [2.45, 2.75) is 25.3 Å². The smallest absolute Gasteiger partial charge is 0.231 e. The lowest BCUT2D eigenvalue weighted by molar-refractivity contribution is 0.345. The topological polar surface area (TPSA) is 51.0 Å². The first-order chi connectivity index (χ1) is 8.24. The highest BCUT2D eigenvalue weighted by Gasteiger charge is 2.29. The van der Waals surface area contributed by atoms with Crippen LogP contribution in [-0.2, 0) is 0 Å². The molecule has 0 amide bonds. The lowest BCUT2D eigenvalue weighted by atomic mass is 10.0. The van der Waals surface area contributed by atoms with Gasteiger partial charge in [0.15, 0.2) is 0 Å². The van der Waals surface area contributed by atoms with Gasteiger partial charge in [0.05, 0.1) is 10.8 Å². The van der Waals surface area contributed by atoms with Gasteiger partial charge in [-0.3, -0.25) is 0 Å². The molecule has 0 spiro atoms. The van der Waals surface area contributed by atoms with Crippen molar-refractivity contribution in [3.05, 3.63) is 21.8 Å². The van der Waals surface area contributed by atoms with E-state index in [-0.39, 0.29) is 0 Å². The summed E-state index contributed by atoms with van der Waals surface area (Å²) in [6, 6.07) is 2.42. The van der Waals surface area contributed by atoms with Crippen LogP contribution in [0.1, 0.15) is 25.2 Å². The van der Waals surface area contributed by atoms with Crippen LogP contribution in [0, 0.1) is 0 Å². The Balaban J connectivity index is 1.87. The summed E-state index contributed by atoms with van der Waals surface area (Å²) < 4.78 is 6.43. The van der Waals surface area contributed by atoms with Gasteiger partial charge in [-0.2, -0.15) is 4.98 Å². The van der Waals surface area contributed by atoms with Crippen LogP contribution in [0.5, 0.6) is 0 Å². The molecule has 1 saturated heterocycles. The monoisotopic (exact) mass is 313 g/mol. The van der Waals surface area contributed by atoms with E-state index >= 15 is 0 Å². The number of thiophene rings is 1. The van der Waals surface area contributed by atoms with Crippen molar-refractivity contribution < 1.29 is 4.52 Å². The molecule has 1 aliphatic heterocycles. The van der Waals surface area contributed by atoms with Crippen LogP contribution in [0.4, 0.5) is 0 Å². The molecule has 1 aliphatic rings. The average molecular weight is 314 g/mol. The standard InChI is InChI=1S/C11H12BrN3OS/c1-6-8(2-3-13-6)11-14-10(15-16-11)9-4-7(12)5-17-9/h4-6,8,13H,2-3H2,1H3. The Labute approximate surface area is 112 Å². The molecule has 3 heterocycles. The largest absolute Gasteiger partial charge is 0.339 e. The van der Waals surface area contributed by atoms with Crippen LogP contribution in [0.3, 0.4) is 0 Å². The number of nitrogens with one attached hydrogen (secondary N) is 1. The highest BCUT2D eigenvalue weighted by Crippen LogP contribution is 2.31. The average Bonchev–Trinajstić information content (AvgIpc) is 2.97. The molecule has 6 heteroatoms. The molecule has 3 rings (SSSR count). The summed E-state index contributed by atoms with van der Waals surface area (Å²) in [4.78, 5) is 5.53. The third-order valence-electron chi connectivity index (χ3n) is 3.07. The number of aromatic nitrogens is 2. The summed E-state index contributed by atoms with van der Waals surface area (Å²) in [7, 11) is 0. The first kappa shape index (κ1) is 11.4.